The van der Waals surface area contributed by atoms with Gasteiger partial charge in [0.15, 0.2) is 0 Å². The summed E-state index contributed by atoms with van der Waals surface area (Å²) >= 11 is 0. The first-order valence-electron chi connectivity index (χ1n) is 10.1. The third-order valence-corrected chi connectivity index (χ3v) is 5.50. The summed E-state index contributed by atoms with van der Waals surface area (Å²) in [7, 11) is 0. The van der Waals surface area contributed by atoms with E-state index in [2.05, 4.69) is 49.4 Å². The minimum atomic E-state index is 1.14. The zero-order valence-corrected chi connectivity index (χ0v) is 15.3. The molecular formula is C24H32. The number of unbranched alkanes of at least 4 members (excludes halogenated alkanes) is 8. The van der Waals surface area contributed by atoms with E-state index in [1.807, 2.05) is 0 Å². The molecule has 0 radical (unpaired) electrons. The summed E-state index contributed by atoms with van der Waals surface area (Å²) in [6.07, 6.45) is 15.1. The fraction of sp³-hybridized carbons (Fsp3) is 0.500. The Morgan fingerprint density at radius 3 is 2.12 bits per heavy atom. The van der Waals surface area contributed by atoms with Gasteiger partial charge < -0.3 is 0 Å². The van der Waals surface area contributed by atoms with Crippen molar-refractivity contribution in [1.29, 1.82) is 0 Å². The highest BCUT2D eigenvalue weighted by Gasteiger charge is 2.19. The van der Waals surface area contributed by atoms with E-state index in [1.165, 1.54) is 80.9 Å². The van der Waals surface area contributed by atoms with Crippen molar-refractivity contribution in [1.82, 2.24) is 0 Å². The highest BCUT2D eigenvalue weighted by molar-refractivity contribution is 5.77. The van der Waals surface area contributed by atoms with Crippen LogP contribution in [0.4, 0.5) is 0 Å². The normalized spacial score (nSPS) is 12.2. The second-order valence-corrected chi connectivity index (χ2v) is 7.36. The first-order valence-corrected chi connectivity index (χ1v) is 10.1. The summed E-state index contributed by atoms with van der Waals surface area (Å²) in [5.74, 6) is 0. The molecule has 1 aliphatic rings. The molecule has 0 spiro atoms. The largest absolute Gasteiger partial charge is 0.0654 e. The molecule has 0 saturated carbocycles. The topological polar surface area (TPSA) is 0 Å². The Morgan fingerprint density at radius 2 is 1.33 bits per heavy atom. The van der Waals surface area contributed by atoms with Crippen LogP contribution in [0.3, 0.4) is 0 Å². The Kier molecular flexibility index (Phi) is 6.52. The van der Waals surface area contributed by atoms with Crippen LogP contribution in [-0.4, -0.2) is 0 Å². The molecule has 0 N–H and O–H groups in total. The van der Waals surface area contributed by atoms with Gasteiger partial charge in [0.2, 0.25) is 0 Å². The van der Waals surface area contributed by atoms with Crippen molar-refractivity contribution < 1.29 is 0 Å². The Morgan fingerprint density at radius 1 is 0.667 bits per heavy atom. The van der Waals surface area contributed by atoms with Crippen LogP contribution in [0.2, 0.25) is 0 Å². The molecule has 1 aliphatic carbocycles. The van der Waals surface area contributed by atoms with E-state index < -0.39 is 0 Å². The van der Waals surface area contributed by atoms with Crippen molar-refractivity contribution in [3.8, 4) is 11.1 Å². The number of hydrogen-bond donors (Lipinski definition) is 0. The first-order chi connectivity index (χ1) is 11.9. The lowest BCUT2D eigenvalue weighted by Gasteiger charge is -2.08. The van der Waals surface area contributed by atoms with Gasteiger partial charge in [-0.05, 0) is 47.1 Å². The van der Waals surface area contributed by atoms with E-state index in [0.717, 1.165) is 6.42 Å². The summed E-state index contributed by atoms with van der Waals surface area (Å²) < 4.78 is 0. The molecule has 128 valence electrons. The quantitative estimate of drug-likeness (QED) is 0.343. The molecule has 2 aromatic carbocycles. The Balaban J connectivity index is 1.43. The van der Waals surface area contributed by atoms with E-state index in [1.54, 1.807) is 11.1 Å². The molecule has 0 atom stereocenters. The van der Waals surface area contributed by atoms with Gasteiger partial charge >= 0.3 is 0 Å². The van der Waals surface area contributed by atoms with Crippen LogP contribution in [0.25, 0.3) is 11.1 Å². The average molecular weight is 321 g/mol. The van der Waals surface area contributed by atoms with Crippen LogP contribution in [-0.2, 0) is 12.8 Å². The molecule has 2 aromatic rings. The van der Waals surface area contributed by atoms with Crippen molar-refractivity contribution >= 4 is 0 Å². The lowest BCUT2D eigenvalue weighted by Crippen LogP contribution is -1.93. The number of benzene rings is 2. The molecular weight excluding hydrogens is 288 g/mol. The maximum absolute atomic E-state index is 2.36. The average Bonchev–Trinajstić information content (AvgIpc) is 3.00. The Labute approximate surface area is 148 Å². The van der Waals surface area contributed by atoms with Crippen LogP contribution < -0.4 is 0 Å². The molecule has 0 fully saturated rings. The van der Waals surface area contributed by atoms with E-state index in [-0.39, 0.29) is 0 Å². The van der Waals surface area contributed by atoms with Gasteiger partial charge in [-0.25, -0.2) is 0 Å². The predicted molar refractivity (Wildman–Crippen MR) is 106 cm³/mol. The van der Waals surface area contributed by atoms with E-state index >= 15 is 0 Å². The fourth-order valence-electron chi connectivity index (χ4n) is 4.08. The third-order valence-electron chi connectivity index (χ3n) is 5.50. The highest BCUT2D eigenvalue weighted by atomic mass is 14.2. The standard InChI is InChI=1S/C24H32/c1-2-3-4-5-6-7-8-9-10-14-20-16-13-18-23-22-17-12-11-15-21(22)19-24(20)23/h11-13,15-18H,2-10,14,19H2,1H3. The van der Waals surface area contributed by atoms with E-state index in [4.69, 9.17) is 0 Å². The molecule has 0 saturated heterocycles. The SMILES string of the molecule is CCCCCCCCCCCc1cccc2c1Cc1ccccc1-2. The molecule has 0 aromatic heterocycles. The minimum Gasteiger partial charge on any atom is -0.0654 e. The lowest BCUT2D eigenvalue weighted by molar-refractivity contribution is 0.564. The summed E-state index contributed by atoms with van der Waals surface area (Å²) in [5.41, 5.74) is 7.64. The van der Waals surface area contributed by atoms with Crippen LogP contribution in [0.1, 0.15) is 81.4 Å². The van der Waals surface area contributed by atoms with Crippen LogP contribution >= 0.6 is 0 Å². The van der Waals surface area contributed by atoms with Gasteiger partial charge in [0.25, 0.3) is 0 Å². The van der Waals surface area contributed by atoms with Crippen molar-refractivity contribution in [2.24, 2.45) is 0 Å². The zero-order valence-electron chi connectivity index (χ0n) is 15.3. The van der Waals surface area contributed by atoms with Gasteiger partial charge in [-0.15, -0.1) is 0 Å². The van der Waals surface area contributed by atoms with Crippen molar-refractivity contribution in [3.05, 3.63) is 59.2 Å². The van der Waals surface area contributed by atoms with E-state index in [9.17, 15) is 0 Å². The van der Waals surface area contributed by atoms with Gasteiger partial charge in [0, 0.05) is 0 Å². The maximum Gasteiger partial charge on any atom is -0.00107 e. The van der Waals surface area contributed by atoms with Crippen LogP contribution in [0.15, 0.2) is 42.5 Å². The van der Waals surface area contributed by atoms with Gasteiger partial charge in [0.05, 0.1) is 0 Å². The Hall–Kier alpha value is -1.56. The second kappa shape index (κ2) is 9.06. The predicted octanol–water partition coefficient (Wildman–Crippen LogP) is 7.33. The molecule has 0 heteroatoms. The summed E-state index contributed by atoms with van der Waals surface area (Å²) in [6.45, 7) is 2.29. The smallest absolute Gasteiger partial charge is 0.00107 e. The van der Waals surface area contributed by atoms with Gasteiger partial charge in [-0.3, -0.25) is 0 Å². The minimum absolute atomic E-state index is 1.14. The molecule has 0 bridgehead atoms. The second-order valence-electron chi connectivity index (χ2n) is 7.36. The lowest BCUT2D eigenvalue weighted by atomic mass is 9.96. The van der Waals surface area contributed by atoms with Gasteiger partial charge in [0.1, 0.15) is 0 Å². The molecule has 0 aliphatic heterocycles. The molecule has 0 unspecified atom stereocenters. The van der Waals surface area contributed by atoms with Crippen LogP contribution in [0, 0.1) is 0 Å². The fourth-order valence-corrected chi connectivity index (χ4v) is 4.08. The monoisotopic (exact) mass is 320 g/mol. The first kappa shape index (κ1) is 17.3. The van der Waals surface area contributed by atoms with Crippen molar-refractivity contribution in [2.45, 2.75) is 77.6 Å². The maximum atomic E-state index is 2.36. The number of hydrogen-bond acceptors (Lipinski definition) is 0. The number of rotatable bonds is 10. The number of aryl methyl sites for hydroxylation is 1. The summed E-state index contributed by atoms with van der Waals surface area (Å²) in [4.78, 5) is 0. The highest BCUT2D eigenvalue weighted by Crippen LogP contribution is 2.38. The summed E-state index contributed by atoms with van der Waals surface area (Å²) in [5, 5.41) is 0. The van der Waals surface area contributed by atoms with Gasteiger partial charge in [-0.1, -0.05) is 101 Å². The summed E-state index contributed by atoms with van der Waals surface area (Å²) in [6, 6.07) is 15.8. The molecule has 0 amide bonds. The van der Waals surface area contributed by atoms with Crippen LogP contribution in [0.5, 0.6) is 0 Å². The van der Waals surface area contributed by atoms with E-state index in [0.29, 0.717) is 0 Å². The number of fused-ring (bicyclic) bond motifs is 3. The molecule has 3 rings (SSSR count). The van der Waals surface area contributed by atoms with Gasteiger partial charge in [-0.2, -0.15) is 0 Å². The zero-order chi connectivity index (χ0) is 16.6. The Bertz CT molecular complexity index is 638. The molecule has 0 nitrogen and oxygen atoms in total. The molecule has 0 heterocycles. The van der Waals surface area contributed by atoms with Crippen molar-refractivity contribution in [2.75, 3.05) is 0 Å². The third kappa shape index (κ3) is 4.29. The van der Waals surface area contributed by atoms with Crippen molar-refractivity contribution in [3.63, 3.8) is 0 Å². The molecule has 24 heavy (non-hydrogen) atoms.